The molecule has 3 heterocycles. The van der Waals surface area contributed by atoms with Gasteiger partial charge in [0.2, 0.25) is 0 Å². The minimum absolute atomic E-state index is 0.315. The smallest absolute Gasteiger partial charge is 0.190 e. The van der Waals surface area contributed by atoms with E-state index in [4.69, 9.17) is 9.47 Å². The monoisotopic (exact) mass is 347 g/mol. The highest BCUT2D eigenvalue weighted by Gasteiger charge is 2.25. The predicted molar refractivity (Wildman–Crippen MR) is 94.6 cm³/mol. The topological polar surface area (TPSA) is 60.0 Å². The number of nitrogens with zero attached hydrogens (tertiary/aromatic N) is 2. The number of aromatic amines is 1. The molecule has 0 aliphatic carbocycles. The number of fused-ring (bicyclic) bond motifs is 2. The molecule has 1 N–H and O–H groups in total. The van der Waals surface area contributed by atoms with Gasteiger partial charge in [0.05, 0.1) is 11.0 Å². The van der Waals surface area contributed by atoms with Crippen molar-refractivity contribution in [3.05, 3.63) is 72.6 Å². The lowest BCUT2D eigenvalue weighted by molar-refractivity contribution is 0.0853. The van der Waals surface area contributed by atoms with E-state index >= 15 is 0 Å². The second-order valence-electron chi connectivity index (χ2n) is 6.10. The zero-order valence-electron chi connectivity index (χ0n) is 13.6. The number of imidazole rings is 1. The summed E-state index contributed by atoms with van der Waals surface area (Å²) in [6, 6.07) is 14.2. The van der Waals surface area contributed by atoms with Crippen LogP contribution in [-0.4, -0.2) is 21.6 Å². The van der Waals surface area contributed by atoms with Gasteiger partial charge in [-0.15, -0.1) is 0 Å². The standard InChI is InChI=1S/C20H14FN3O2/c21-14-2-4-17-18(10-14)26-19(11-25-17)20-23-15-3-1-13(9-16(15)24-20)12-5-7-22-8-6-12/h1-10,19H,11H2,(H,23,24). The average molecular weight is 347 g/mol. The molecule has 1 aliphatic rings. The molecule has 4 aromatic rings. The molecule has 2 aromatic carbocycles. The summed E-state index contributed by atoms with van der Waals surface area (Å²) in [6.07, 6.45) is 3.11. The molecule has 5 nitrogen and oxygen atoms in total. The van der Waals surface area contributed by atoms with E-state index in [0.717, 1.165) is 22.2 Å². The van der Waals surface area contributed by atoms with E-state index in [2.05, 4.69) is 15.0 Å². The first-order valence-electron chi connectivity index (χ1n) is 8.25. The number of aromatic nitrogens is 3. The highest BCUT2D eigenvalue weighted by molar-refractivity contribution is 5.82. The van der Waals surface area contributed by atoms with E-state index in [0.29, 0.717) is 23.9 Å². The van der Waals surface area contributed by atoms with Crippen molar-refractivity contribution < 1.29 is 13.9 Å². The lowest BCUT2D eigenvalue weighted by atomic mass is 10.1. The van der Waals surface area contributed by atoms with Gasteiger partial charge in [0.25, 0.3) is 0 Å². The van der Waals surface area contributed by atoms with Crippen molar-refractivity contribution in [2.45, 2.75) is 6.10 Å². The second-order valence-corrected chi connectivity index (χ2v) is 6.10. The van der Waals surface area contributed by atoms with Gasteiger partial charge in [0.15, 0.2) is 23.4 Å². The quantitative estimate of drug-likeness (QED) is 0.588. The summed E-state index contributed by atoms with van der Waals surface area (Å²) < 4.78 is 25.0. The largest absolute Gasteiger partial charge is 0.485 e. The number of benzene rings is 2. The Hall–Kier alpha value is -3.41. The Morgan fingerprint density at radius 2 is 1.85 bits per heavy atom. The molecular weight excluding hydrogens is 333 g/mol. The first kappa shape index (κ1) is 14.9. The van der Waals surface area contributed by atoms with Gasteiger partial charge >= 0.3 is 0 Å². The Labute approximate surface area is 148 Å². The fourth-order valence-corrected chi connectivity index (χ4v) is 3.08. The molecule has 5 rings (SSSR count). The number of hydrogen-bond donors (Lipinski definition) is 1. The number of H-pyrrole nitrogens is 1. The molecule has 1 aliphatic heterocycles. The first-order valence-corrected chi connectivity index (χ1v) is 8.25. The lowest BCUT2D eigenvalue weighted by Crippen LogP contribution is -2.22. The van der Waals surface area contributed by atoms with Crippen molar-refractivity contribution in [3.8, 4) is 22.6 Å². The van der Waals surface area contributed by atoms with Crippen LogP contribution in [0.15, 0.2) is 60.9 Å². The molecule has 26 heavy (non-hydrogen) atoms. The Morgan fingerprint density at radius 1 is 0.962 bits per heavy atom. The molecule has 0 spiro atoms. The van der Waals surface area contributed by atoms with Crippen LogP contribution in [0.2, 0.25) is 0 Å². The van der Waals surface area contributed by atoms with E-state index < -0.39 is 6.10 Å². The van der Waals surface area contributed by atoms with Gasteiger partial charge in [0, 0.05) is 18.5 Å². The minimum Gasteiger partial charge on any atom is -0.485 e. The summed E-state index contributed by atoms with van der Waals surface area (Å²) in [5.41, 5.74) is 3.88. The molecule has 6 heteroatoms. The van der Waals surface area contributed by atoms with Gasteiger partial charge in [-0.25, -0.2) is 9.37 Å². The lowest BCUT2D eigenvalue weighted by Gasteiger charge is -2.25. The number of ether oxygens (including phenoxy) is 2. The van der Waals surface area contributed by atoms with Crippen molar-refractivity contribution in [2.75, 3.05) is 6.61 Å². The Balaban J connectivity index is 1.48. The molecular formula is C20H14FN3O2. The summed E-state index contributed by atoms with van der Waals surface area (Å²) in [5, 5.41) is 0. The molecule has 0 saturated carbocycles. The third kappa shape index (κ3) is 2.56. The minimum atomic E-state index is -0.416. The van der Waals surface area contributed by atoms with Gasteiger partial charge in [-0.05, 0) is 47.5 Å². The van der Waals surface area contributed by atoms with Crippen LogP contribution >= 0.6 is 0 Å². The number of nitrogens with one attached hydrogen (secondary N) is 1. The highest BCUT2D eigenvalue weighted by Crippen LogP contribution is 2.36. The zero-order chi connectivity index (χ0) is 17.5. The Kier molecular flexibility index (Phi) is 3.35. The summed E-state index contributed by atoms with van der Waals surface area (Å²) in [6.45, 7) is 0.315. The molecule has 0 fully saturated rings. The van der Waals surface area contributed by atoms with Gasteiger partial charge in [-0.1, -0.05) is 6.07 Å². The van der Waals surface area contributed by atoms with Crippen LogP contribution in [0.3, 0.4) is 0 Å². The van der Waals surface area contributed by atoms with Crippen LogP contribution in [0.1, 0.15) is 11.9 Å². The molecule has 0 amide bonds. The van der Waals surface area contributed by atoms with E-state index in [1.54, 1.807) is 18.5 Å². The van der Waals surface area contributed by atoms with Crippen molar-refractivity contribution in [1.29, 1.82) is 0 Å². The second kappa shape index (κ2) is 5.84. The number of pyridine rings is 1. The van der Waals surface area contributed by atoms with Crippen molar-refractivity contribution in [1.82, 2.24) is 15.0 Å². The van der Waals surface area contributed by atoms with Crippen LogP contribution in [0.25, 0.3) is 22.2 Å². The number of hydrogen-bond acceptors (Lipinski definition) is 4. The molecule has 2 aromatic heterocycles. The maximum absolute atomic E-state index is 13.4. The normalized spacial score (nSPS) is 16.0. The zero-order valence-corrected chi connectivity index (χ0v) is 13.6. The van der Waals surface area contributed by atoms with Gasteiger partial charge in [-0.2, -0.15) is 0 Å². The number of halogens is 1. The third-order valence-corrected chi connectivity index (χ3v) is 4.39. The van der Waals surface area contributed by atoms with E-state index in [1.807, 2.05) is 30.3 Å². The summed E-state index contributed by atoms with van der Waals surface area (Å²) in [7, 11) is 0. The van der Waals surface area contributed by atoms with Crippen molar-refractivity contribution in [2.24, 2.45) is 0 Å². The van der Waals surface area contributed by atoms with Crippen molar-refractivity contribution >= 4 is 11.0 Å². The fraction of sp³-hybridized carbons (Fsp3) is 0.100. The molecule has 0 bridgehead atoms. The maximum atomic E-state index is 13.4. The summed E-state index contributed by atoms with van der Waals surface area (Å²) >= 11 is 0. The molecule has 128 valence electrons. The average Bonchev–Trinajstić information content (AvgIpc) is 3.11. The van der Waals surface area contributed by atoms with Crippen LogP contribution in [0.5, 0.6) is 11.5 Å². The van der Waals surface area contributed by atoms with Crippen LogP contribution < -0.4 is 9.47 Å². The predicted octanol–water partition coefficient (Wildman–Crippen LogP) is 4.28. The third-order valence-electron chi connectivity index (χ3n) is 4.39. The van der Waals surface area contributed by atoms with Crippen LogP contribution in [0, 0.1) is 5.82 Å². The molecule has 1 atom stereocenters. The maximum Gasteiger partial charge on any atom is 0.190 e. The Bertz CT molecular complexity index is 1090. The van der Waals surface area contributed by atoms with Crippen LogP contribution in [-0.2, 0) is 0 Å². The van der Waals surface area contributed by atoms with Crippen molar-refractivity contribution in [3.63, 3.8) is 0 Å². The van der Waals surface area contributed by atoms with E-state index in [1.165, 1.54) is 12.1 Å². The SMILES string of the molecule is Fc1ccc2c(c1)OC(c1nc3cc(-c4ccncc4)ccc3[nH]1)CO2. The molecule has 1 unspecified atom stereocenters. The summed E-state index contributed by atoms with van der Waals surface area (Å²) in [5.74, 6) is 1.22. The van der Waals surface area contributed by atoms with Gasteiger partial charge in [-0.3, -0.25) is 4.98 Å². The molecule has 0 saturated heterocycles. The van der Waals surface area contributed by atoms with Gasteiger partial charge in [0.1, 0.15) is 12.4 Å². The van der Waals surface area contributed by atoms with Crippen LogP contribution in [0.4, 0.5) is 4.39 Å². The van der Waals surface area contributed by atoms with E-state index in [-0.39, 0.29) is 5.82 Å². The first-order chi connectivity index (χ1) is 12.8. The highest BCUT2D eigenvalue weighted by atomic mass is 19.1. The summed E-state index contributed by atoms with van der Waals surface area (Å²) in [4.78, 5) is 12.0. The number of rotatable bonds is 2. The Morgan fingerprint density at radius 3 is 2.73 bits per heavy atom. The van der Waals surface area contributed by atoms with E-state index in [9.17, 15) is 4.39 Å². The van der Waals surface area contributed by atoms with Gasteiger partial charge < -0.3 is 14.5 Å². The molecule has 0 radical (unpaired) electrons. The fourth-order valence-electron chi connectivity index (χ4n) is 3.08.